The molecule has 65 heavy (non-hydrogen) atoms. The molecule has 0 aliphatic carbocycles. The first kappa shape index (κ1) is 58.1. The molecular weight excluding hydrogens is 906 g/mol. The van der Waals surface area contributed by atoms with Crippen molar-refractivity contribution in [3.05, 3.63) is 24.8 Å². The Morgan fingerprint density at radius 3 is 1.23 bits per heavy atom. The molecule has 0 saturated carbocycles. The zero-order chi connectivity index (χ0) is 48.7. The maximum Gasteiger partial charge on any atom is 0.186 e. The Morgan fingerprint density at radius 2 is 0.908 bits per heavy atom. The number of allylic oxidation sites excluding steroid dienone is 1. The van der Waals surface area contributed by atoms with Gasteiger partial charge in [0, 0.05) is 0 Å². The predicted molar refractivity (Wildman–Crippen MR) is 229 cm³/mol. The summed E-state index contributed by atoms with van der Waals surface area (Å²) < 4.78 is 53.0. The van der Waals surface area contributed by atoms with E-state index in [4.69, 9.17) is 48.9 Å². The molecule has 4 aliphatic heterocycles. The van der Waals surface area contributed by atoms with Crippen LogP contribution in [-0.2, 0) is 37.9 Å². The van der Waals surface area contributed by atoms with Gasteiger partial charge in [-0.1, -0.05) is 45.9 Å². The smallest absolute Gasteiger partial charge is 0.186 e. The van der Waals surface area contributed by atoms with Crippen LogP contribution in [0.25, 0.3) is 0 Å². The van der Waals surface area contributed by atoms with Crippen molar-refractivity contribution in [3.63, 3.8) is 0 Å². The van der Waals surface area contributed by atoms with Crippen molar-refractivity contribution >= 4 is 17.0 Å². The highest BCUT2D eigenvalue weighted by atomic mass is 31.1. The summed E-state index contributed by atoms with van der Waals surface area (Å²) in [6, 6.07) is -1.52. The van der Waals surface area contributed by atoms with Crippen molar-refractivity contribution in [3.8, 4) is 0 Å². The van der Waals surface area contributed by atoms with Gasteiger partial charge in [-0.25, -0.2) is 9.49 Å². The van der Waals surface area contributed by atoms with Crippen molar-refractivity contribution in [2.75, 3.05) is 39.6 Å². The summed E-state index contributed by atoms with van der Waals surface area (Å²) >= 11 is 0. The zero-order valence-corrected chi connectivity index (χ0v) is 38.9. The molecule has 4 aliphatic rings. The van der Waals surface area contributed by atoms with E-state index in [9.17, 15) is 61.3 Å². The third-order valence-electron chi connectivity index (χ3n) is 12.4. The number of rotatable bonds is 20. The van der Waals surface area contributed by atoms with Gasteiger partial charge < -0.3 is 99.2 Å². The fourth-order valence-corrected chi connectivity index (χ4v) is 8.41. The van der Waals surface area contributed by atoms with Crippen LogP contribution in [-0.4, -0.2) is 224 Å². The molecule has 0 bridgehead atoms. The molecule has 26 heteroatoms. The largest absolute Gasteiger partial charge is 0.394 e. The minimum Gasteiger partial charge on any atom is -0.394 e. The Kier molecular flexibility index (Phi) is 25.4. The van der Waals surface area contributed by atoms with Gasteiger partial charge >= 0.3 is 0 Å². The zero-order valence-electron chi connectivity index (χ0n) is 37.1. The van der Waals surface area contributed by atoms with Gasteiger partial charge in [0.1, 0.15) is 73.1 Å². The minimum absolute atomic E-state index is 0.140. The molecule has 4 fully saturated rings. The van der Waals surface area contributed by atoms with Crippen molar-refractivity contribution < 1.29 is 99.2 Å². The highest BCUT2D eigenvalue weighted by Crippen LogP contribution is 2.36. The van der Waals surface area contributed by atoms with Crippen LogP contribution in [0.5, 0.6) is 0 Å². The number of aliphatic hydroxyl groups is 12. The van der Waals surface area contributed by atoms with Crippen LogP contribution in [0.3, 0.4) is 0 Å². The van der Waals surface area contributed by atoms with Crippen molar-refractivity contribution in [2.45, 2.75) is 157 Å². The first-order valence-corrected chi connectivity index (χ1v) is 23.2. The van der Waals surface area contributed by atoms with E-state index in [-0.39, 0.29) is 67.1 Å². The molecule has 24 atom stereocenters. The molecule has 0 aromatic heterocycles. The molecular formula is C39H72N4O20P2. The molecule has 4 saturated heterocycles. The van der Waals surface area contributed by atoms with E-state index < -0.39 is 136 Å². The van der Waals surface area contributed by atoms with Crippen molar-refractivity contribution in [1.29, 1.82) is 0 Å². The predicted octanol–water partition coefficient (Wildman–Crippen LogP) is -3.42. The lowest BCUT2D eigenvalue weighted by atomic mass is 9.83. The molecule has 24 nitrogen and oxygen atoms in total. The monoisotopic (exact) mass is 978 g/mol. The van der Waals surface area contributed by atoms with Crippen molar-refractivity contribution in [2.24, 2.45) is 44.2 Å². The third kappa shape index (κ3) is 15.1. The lowest BCUT2D eigenvalue weighted by Crippen LogP contribution is -2.63. The van der Waals surface area contributed by atoms with Crippen LogP contribution in [0.1, 0.15) is 34.6 Å². The van der Waals surface area contributed by atoms with Gasteiger partial charge in [-0.05, 0) is 30.6 Å². The first-order valence-electron chi connectivity index (χ1n) is 21.4. The summed E-state index contributed by atoms with van der Waals surface area (Å²) in [4.78, 5) is 0. The lowest BCUT2D eigenvalue weighted by molar-refractivity contribution is -0.352. The summed E-state index contributed by atoms with van der Waals surface area (Å²) in [5.74, 6) is -0.836. The maximum atomic E-state index is 10.7. The molecule has 0 spiro atoms. The first-order chi connectivity index (χ1) is 30.9. The van der Waals surface area contributed by atoms with Gasteiger partial charge in [-0.2, -0.15) is 0 Å². The number of ether oxygens (including phenoxy) is 8. The van der Waals surface area contributed by atoms with E-state index in [1.54, 1.807) is 26.8 Å². The highest BCUT2D eigenvalue weighted by Gasteiger charge is 2.51. The van der Waals surface area contributed by atoms with Crippen LogP contribution in [0.15, 0.2) is 34.3 Å². The lowest BCUT2D eigenvalue weighted by Gasteiger charge is -2.46. The third-order valence-corrected chi connectivity index (χ3v) is 13.2. The van der Waals surface area contributed by atoms with Gasteiger partial charge in [0.25, 0.3) is 0 Å². The Hall–Kier alpha value is -1.20. The minimum atomic E-state index is -1.58. The van der Waals surface area contributed by atoms with Gasteiger partial charge in [-0.3, -0.25) is 11.0 Å². The molecule has 0 aromatic rings. The van der Waals surface area contributed by atoms with Crippen LogP contribution in [0, 0.1) is 23.7 Å². The van der Waals surface area contributed by atoms with Gasteiger partial charge in [0.2, 0.25) is 0 Å². The number of nitrogens with two attached hydrogens (primary N) is 2. The fraction of sp³-hybridized carbons (Fsp3) is 0.897. The second-order valence-electron chi connectivity index (χ2n) is 16.5. The number of aliphatic hydroxyl groups excluding tert-OH is 12. The van der Waals surface area contributed by atoms with Crippen LogP contribution in [0.4, 0.5) is 0 Å². The van der Waals surface area contributed by atoms with E-state index >= 15 is 0 Å². The maximum absolute atomic E-state index is 10.7. The van der Waals surface area contributed by atoms with E-state index in [1.807, 2.05) is 13.8 Å². The van der Waals surface area contributed by atoms with E-state index in [1.165, 1.54) is 12.2 Å². The molecule has 16 N–H and O–H groups in total. The van der Waals surface area contributed by atoms with Crippen LogP contribution in [0.2, 0.25) is 0 Å². The molecule has 0 radical (unpaired) electrons. The van der Waals surface area contributed by atoms with Gasteiger partial charge in [-0.15, -0.1) is 6.58 Å². The SMILES string of the molecule is C/C=C/[C@@H](O)[C@H](COC1OC(CO)[C@@H](OC2OC(CO)[C@H](C)[C@H](C)[C@@H]2O)[C@H](O)[C@@H]1O)N=PN.C=C[C@@H](O)[C@H](COC1OC(CO)[C@@H](OC2OC(CO)[C@H](C)[C@H](C)[C@@H]2O)[C@H](O)[C@@H]1O)N=PN. The van der Waals surface area contributed by atoms with Gasteiger partial charge in [0.05, 0.1) is 81.1 Å². The van der Waals surface area contributed by atoms with E-state index in [0.29, 0.717) is 0 Å². The fourth-order valence-electron chi connectivity index (χ4n) is 7.66. The van der Waals surface area contributed by atoms with Crippen molar-refractivity contribution in [1.82, 2.24) is 0 Å². The highest BCUT2D eigenvalue weighted by molar-refractivity contribution is 7.23. The Labute approximate surface area is 381 Å². The van der Waals surface area contributed by atoms with Gasteiger partial charge in [0.15, 0.2) is 25.2 Å². The van der Waals surface area contributed by atoms with E-state index in [2.05, 4.69) is 16.1 Å². The Morgan fingerprint density at radius 1 is 0.554 bits per heavy atom. The summed E-state index contributed by atoms with van der Waals surface area (Å²) in [5, 5.41) is 122. The molecule has 4 heterocycles. The number of hydrogen-bond acceptors (Lipinski definition) is 22. The quantitative estimate of drug-likeness (QED) is 0.0417. The average molecular weight is 979 g/mol. The molecule has 8 unspecified atom stereocenters. The summed E-state index contributed by atoms with van der Waals surface area (Å²) in [5.41, 5.74) is 10.8. The number of nitrogens with zero attached hydrogens (tertiary/aromatic N) is 2. The second kappa shape index (κ2) is 28.5. The Bertz CT molecular complexity index is 1460. The summed E-state index contributed by atoms with van der Waals surface area (Å²) in [6.07, 6.45) is -17.0. The van der Waals surface area contributed by atoms with Crippen LogP contribution < -0.4 is 11.0 Å². The molecule has 4 rings (SSSR count). The topological polar surface area (TPSA) is 393 Å². The molecule has 378 valence electrons. The second-order valence-corrected chi connectivity index (χ2v) is 17.4. The average Bonchev–Trinajstić information content (AvgIpc) is 3.30. The molecule has 0 amide bonds. The molecule has 0 aromatic carbocycles. The summed E-state index contributed by atoms with van der Waals surface area (Å²) in [6.45, 7) is 10.3. The summed E-state index contributed by atoms with van der Waals surface area (Å²) in [7, 11) is 0.353. The number of hydrogen-bond donors (Lipinski definition) is 14. The standard InChI is InChI=1S/C20H37N2O10P.C19H35N2O10P/c1-4-5-12(25)11(22-33-21)8-29-19-17(28)16(27)18(14(7-24)31-19)32-20-15(26)10(3)9(2)13(6-23)30-20;1-4-11(24)10(21-32-20)7-28-18-16(27)15(26)17(13(6-23)30-18)31-19-14(25)9(3)8(2)12(5-22)29-19/h4-5,9-20,23-28H,6-8H2,1-3H3,(H2,21,22);4,8-19,22-27H,1,5-7H2,2-3H3,(H2,20,21)/b5-4+;/t9-,10+,11+,12-,13?,14?,15+,16-,17+,18-,19?,20?;8-,9+,10+,11-,12?,13?,14+,15-,16+,17-,18?,19?/m11/s1. The van der Waals surface area contributed by atoms with E-state index in [0.717, 1.165) is 0 Å². The normalized spacial score (nSPS) is 42.4. The Balaban J connectivity index is 0.000000345. The van der Waals surface area contributed by atoms with Crippen LogP contribution >= 0.6 is 17.0 Å².